The predicted molar refractivity (Wildman–Crippen MR) is 72.1 cm³/mol. The van der Waals surface area contributed by atoms with E-state index in [1.54, 1.807) is 20.8 Å². The van der Waals surface area contributed by atoms with Crippen LogP contribution in [0.25, 0.3) is 0 Å². The van der Waals surface area contributed by atoms with Crippen LogP contribution in [-0.4, -0.2) is 23.4 Å². The lowest BCUT2D eigenvalue weighted by atomic mass is 9.97. The molecule has 0 heterocycles. The first-order valence-corrected chi connectivity index (χ1v) is 5.91. The minimum absolute atomic E-state index is 0.0674. The normalized spacial score (nSPS) is 10.8. The molecule has 0 unspecified atom stereocenters. The van der Waals surface area contributed by atoms with E-state index < -0.39 is 28.8 Å². The highest BCUT2D eigenvalue weighted by Crippen LogP contribution is 2.16. The van der Waals surface area contributed by atoms with Gasteiger partial charge in [0.05, 0.1) is 10.3 Å². The van der Waals surface area contributed by atoms with E-state index >= 15 is 0 Å². The molecule has 0 aliphatic heterocycles. The Hall–Kier alpha value is -2.44. The molecule has 0 saturated heterocycles. The van der Waals surface area contributed by atoms with Crippen LogP contribution < -0.4 is 5.32 Å². The summed E-state index contributed by atoms with van der Waals surface area (Å²) in [5, 5.41) is 12.9. The summed E-state index contributed by atoms with van der Waals surface area (Å²) in [5.41, 5.74) is -0.345. The quantitative estimate of drug-likeness (QED) is 0.517. The maximum absolute atomic E-state index is 11.5. The molecule has 0 aliphatic carbocycles. The summed E-state index contributed by atoms with van der Waals surface area (Å²) in [6.45, 7) is 4.66. The highest BCUT2D eigenvalue weighted by atomic mass is 16.6. The molecule has 0 saturated carbocycles. The minimum atomic E-state index is -0.673. The van der Waals surface area contributed by atoms with E-state index in [0.717, 1.165) is 0 Å². The molecule has 7 nitrogen and oxygen atoms in total. The Morgan fingerprint density at radius 2 is 1.80 bits per heavy atom. The summed E-state index contributed by atoms with van der Waals surface area (Å²) < 4.78 is 4.84. The van der Waals surface area contributed by atoms with Crippen molar-refractivity contribution in [3.63, 3.8) is 0 Å². The van der Waals surface area contributed by atoms with Gasteiger partial charge in [-0.05, 0) is 32.9 Å². The van der Waals surface area contributed by atoms with Crippen LogP contribution in [0.1, 0.15) is 20.8 Å². The van der Waals surface area contributed by atoms with Crippen molar-refractivity contribution in [2.24, 2.45) is 5.41 Å². The molecule has 0 aromatic heterocycles. The van der Waals surface area contributed by atoms with Gasteiger partial charge in [-0.3, -0.25) is 19.7 Å². The number of non-ortho nitro benzene ring substituents is 1. The van der Waals surface area contributed by atoms with E-state index in [1.165, 1.54) is 24.3 Å². The number of benzene rings is 1. The summed E-state index contributed by atoms with van der Waals surface area (Å²) in [5.74, 6) is -0.979. The van der Waals surface area contributed by atoms with Crippen molar-refractivity contribution < 1.29 is 19.2 Å². The standard InChI is InChI=1S/C13H16N2O5/c1-13(2,3)12(17)20-8-11(16)14-9-4-6-10(7-5-9)15(18)19/h4-7H,8H2,1-3H3,(H,14,16). The van der Waals surface area contributed by atoms with Crippen LogP contribution in [0.4, 0.5) is 11.4 Å². The Morgan fingerprint density at radius 1 is 1.25 bits per heavy atom. The van der Waals surface area contributed by atoms with Crippen LogP contribution in [0, 0.1) is 15.5 Å². The summed E-state index contributed by atoms with van der Waals surface area (Å²) in [6, 6.07) is 5.36. The molecule has 1 N–H and O–H groups in total. The number of nitrogens with one attached hydrogen (secondary N) is 1. The van der Waals surface area contributed by atoms with Crippen molar-refractivity contribution in [2.75, 3.05) is 11.9 Å². The summed E-state index contributed by atoms with van der Waals surface area (Å²) in [7, 11) is 0. The minimum Gasteiger partial charge on any atom is -0.455 e. The van der Waals surface area contributed by atoms with Crippen LogP contribution in [0.3, 0.4) is 0 Å². The van der Waals surface area contributed by atoms with Crippen LogP contribution in [0.15, 0.2) is 24.3 Å². The summed E-state index contributed by atoms with van der Waals surface area (Å²) in [6.07, 6.45) is 0. The van der Waals surface area contributed by atoms with Gasteiger partial charge in [0.25, 0.3) is 11.6 Å². The number of esters is 1. The Kier molecular flexibility index (Phi) is 4.79. The van der Waals surface area contributed by atoms with E-state index in [4.69, 9.17) is 4.74 Å². The highest BCUT2D eigenvalue weighted by Gasteiger charge is 2.23. The van der Waals surface area contributed by atoms with Gasteiger partial charge >= 0.3 is 5.97 Å². The second kappa shape index (κ2) is 6.14. The number of anilines is 1. The van der Waals surface area contributed by atoms with E-state index in [0.29, 0.717) is 5.69 Å². The summed E-state index contributed by atoms with van der Waals surface area (Å²) >= 11 is 0. The van der Waals surface area contributed by atoms with Gasteiger partial charge in [0.1, 0.15) is 0 Å². The topological polar surface area (TPSA) is 98.5 Å². The highest BCUT2D eigenvalue weighted by molar-refractivity contribution is 5.93. The third-order valence-electron chi connectivity index (χ3n) is 2.31. The number of amides is 1. The SMILES string of the molecule is CC(C)(C)C(=O)OCC(=O)Nc1ccc([N+](=O)[O-])cc1. The van der Waals surface area contributed by atoms with Crippen molar-refractivity contribution >= 4 is 23.3 Å². The van der Waals surface area contributed by atoms with Crippen molar-refractivity contribution in [2.45, 2.75) is 20.8 Å². The van der Waals surface area contributed by atoms with Gasteiger partial charge in [-0.25, -0.2) is 0 Å². The fourth-order valence-corrected chi connectivity index (χ4v) is 1.21. The number of carbonyl (C=O) groups excluding carboxylic acids is 2. The van der Waals surface area contributed by atoms with Gasteiger partial charge in [0.15, 0.2) is 6.61 Å². The van der Waals surface area contributed by atoms with E-state index in [9.17, 15) is 19.7 Å². The molecule has 0 radical (unpaired) electrons. The van der Waals surface area contributed by atoms with Crippen LogP contribution in [-0.2, 0) is 14.3 Å². The predicted octanol–water partition coefficient (Wildman–Crippen LogP) is 2.12. The van der Waals surface area contributed by atoms with Crippen LogP contribution in [0.2, 0.25) is 0 Å². The zero-order chi connectivity index (χ0) is 15.3. The number of nitro groups is 1. The molecule has 1 aromatic carbocycles. The molecular weight excluding hydrogens is 264 g/mol. The number of ether oxygens (including phenoxy) is 1. The average Bonchev–Trinajstić information content (AvgIpc) is 2.35. The van der Waals surface area contributed by atoms with Crippen molar-refractivity contribution in [3.8, 4) is 0 Å². The van der Waals surface area contributed by atoms with Gasteiger partial charge in [0, 0.05) is 17.8 Å². The van der Waals surface area contributed by atoms with E-state index in [1.807, 2.05) is 0 Å². The molecule has 1 rings (SSSR count). The molecule has 0 atom stereocenters. The van der Waals surface area contributed by atoms with Gasteiger partial charge in [-0.1, -0.05) is 0 Å². The lowest BCUT2D eigenvalue weighted by Crippen LogP contribution is -2.27. The van der Waals surface area contributed by atoms with Gasteiger partial charge in [-0.2, -0.15) is 0 Å². The number of carbonyl (C=O) groups is 2. The fraction of sp³-hybridized carbons (Fsp3) is 0.385. The average molecular weight is 280 g/mol. The lowest BCUT2D eigenvalue weighted by molar-refractivity contribution is -0.384. The number of rotatable bonds is 4. The van der Waals surface area contributed by atoms with E-state index in [-0.39, 0.29) is 5.69 Å². The third-order valence-corrected chi connectivity index (χ3v) is 2.31. The number of nitro benzene ring substituents is 1. The molecule has 108 valence electrons. The molecule has 1 aromatic rings. The molecule has 1 amide bonds. The van der Waals surface area contributed by atoms with Crippen LogP contribution >= 0.6 is 0 Å². The van der Waals surface area contributed by atoms with Crippen molar-refractivity contribution in [3.05, 3.63) is 34.4 Å². The number of hydrogen-bond donors (Lipinski definition) is 1. The van der Waals surface area contributed by atoms with Crippen LogP contribution in [0.5, 0.6) is 0 Å². The first-order valence-electron chi connectivity index (χ1n) is 5.91. The second-order valence-corrected chi connectivity index (χ2v) is 5.18. The molecular formula is C13H16N2O5. The molecule has 20 heavy (non-hydrogen) atoms. The number of hydrogen-bond acceptors (Lipinski definition) is 5. The van der Waals surface area contributed by atoms with Crippen molar-refractivity contribution in [1.82, 2.24) is 0 Å². The fourth-order valence-electron chi connectivity index (χ4n) is 1.21. The Bertz CT molecular complexity index is 517. The molecule has 7 heteroatoms. The number of nitrogens with zero attached hydrogens (tertiary/aromatic N) is 1. The zero-order valence-corrected chi connectivity index (χ0v) is 11.5. The maximum Gasteiger partial charge on any atom is 0.311 e. The Morgan fingerprint density at radius 3 is 2.25 bits per heavy atom. The smallest absolute Gasteiger partial charge is 0.311 e. The molecule has 0 fully saturated rings. The second-order valence-electron chi connectivity index (χ2n) is 5.18. The van der Waals surface area contributed by atoms with Gasteiger partial charge in [0.2, 0.25) is 0 Å². The first-order chi connectivity index (χ1) is 9.20. The zero-order valence-electron chi connectivity index (χ0n) is 11.5. The van der Waals surface area contributed by atoms with Crippen molar-refractivity contribution in [1.29, 1.82) is 0 Å². The maximum atomic E-state index is 11.5. The lowest BCUT2D eigenvalue weighted by Gasteiger charge is -2.16. The summed E-state index contributed by atoms with van der Waals surface area (Å²) in [4.78, 5) is 32.9. The Balaban J connectivity index is 2.51. The molecule has 0 spiro atoms. The Labute approximate surface area is 116 Å². The molecule has 0 aliphatic rings. The first kappa shape index (κ1) is 15.6. The third kappa shape index (κ3) is 4.68. The van der Waals surface area contributed by atoms with Gasteiger partial charge < -0.3 is 10.1 Å². The van der Waals surface area contributed by atoms with Gasteiger partial charge in [-0.15, -0.1) is 0 Å². The molecule has 0 bridgehead atoms. The largest absolute Gasteiger partial charge is 0.455 e. The monoisotopic (exact) mass is 280 g/mol. The van der Waals surface area contributed by atoms with E-state index in [2.05, 4.69) is 5.32 Å².